The van der Waals surface area contributed by atoms with Crippen LogP contribution < -0.4 is 10.6 Å². The van der Waals surface area contributed by atoms with Gasteiger partial charge in [0.05, 0.1) is 17.1 Å². The summed E-state index contributed by atoms with van der Waals surface area (Å²) in [6.45, 7) is 8.13. The SMILES string of the molecule is CC1OC(c2cccc(-n3nc(C(C)(C)C)cc3NC(=O)Nc3cccc4ccccc34)c2)O1. The molecular weight excluding hydrogens is 428 g/mol. The van der Waals surface area contributed by atoms with E-state index in [2.05, 4.69) is 31.4 Å². The molecule has 0 bridgehead atoms. The number of nitrogens with one attached hydrogen (secondary N) is 2. The molecule has 4 aromatic rings. The van der Waals surface area contributed by atoms with Crippen LogP contribution in [0.15, 0.2) is 72.8 Å². The van der Waals surface area contributed by atoms with Crippen LogP contribution in [0.1, 0.15) is 45.2 Å². The summed E-state index contributed by atoms with van der Waals surface area (Å²) >= 11 is 0. The van der Waals surface area contributed by atoms with Crippen LogP contribution in [-0.4, -0.2) is 22.1 Å². The average molecular weight is 457 g/mol. The first-order chi connectivity index (χ1) is 16.3. The molecular formula is C27H28N4O3. The number of nitrogens with zero attached hydrogens (tertiary/aromatic N) is 2. The number of ether oxygens (including phenoxy) is 2. The molecule has 0 atom stereocenters. The van der Waals surface area contributed by atoms with Crippen LogP contribution in [-0.2, 0) is 14.9 Å². The number of benzene rings is 3. The van der Waals surface area contributed by atoms with E-state index in [1.54, 1.807) is 4.68 Å². The third-order valence-electron chi connectivity index (χ3n) is 5.77. The highest BCUT2D eigenvalue weighted by Gasteiger charge is 2.29. The van der Waals surface area contributed by atoms with Crippen LogP contribution in [0, 0.1) is 0 Å². The Bertz CT molecular complexity index is 1340. The van der Waals surface area contributed by atoms with E-state index >= 15 is 0 Å². The fourth-order valence-corrected chi connectivity index (χ4v) is 3.96. The molecule has 7 nitrogen and oxygen atoms in total. The highest BCUT2D eigenvalue weighted by molar-refractivity contribution is 6.06. The number of anilines is 2. The number of fused-ring (bicyclic) bond motifs is 1. The summed E-state index contributed by atoms with van der Waals surface area (Å²) in [6.07, 6.45) is -0.598. The predicted octanol–water partition coefficient (Wildman–Crippen LogP) is 6.36. The van der Waals surface area contributed by atoms with E-state index in [4.69, 9.17) is 14.6 Å². The van der Waals surface area contributed by atoms with Crippen LogP contribution in [0.2, 0.25) is 0 Å². The maximum atomic E-state index is 13.0. The zero-order chi connectivity index (χ0) is 23.9. The van der Waals surface area contributed by atoms with E-state index in [1.807, 2.05) is 79.7 Å². The lowest BCUT2D eigenvalue weighted by atomic mass is 9.92. The molecule has 5 rings (SSSR count). The third-order valence-corrected chi connectivity index (χ3v) is 5.77. The van der Waals surface area contributed by atoms with E-state index in [0.29, 0.717) is 5.82 Å². The van der Waals surface area contributed by atoms with Crippen molar-refractivity contribution in [1.82, 2.24) is 9.78 Å². The first-order valence-corrected chi connectivity index (χ1v) is 11.4. The van der Waals surface area contributed by atoms with E-state index in [0.717, 1.165) is 33.4 Å². The molecule has 1 saturated heterocycles. The third kappa shape index (κ3) is 4.40. The van der Waals surface area contributed by atoms with Crippen molar-refractivity contribution in [2.45, 2.75) is 45.7 Å². The van der Waals surface area contributed by atoms with Gasteiger partial charge in [-0.3, -0.25) is 5.32 Å². The van der Waals surface area contributed by atoms with Gasteiger partial charge in [0.15, 0.2) is 12.6 Å². The van der Waals surface area contributed by atoms with Crippen molar-refractivity contribution in [3.8, 4) is 5.69 Å². The smallest absolute Gasteiger partial charge is 0.320 e. The summed E-state index contributed by atoms with van der Waals surface area (Å²) in [5, 5.41) is 12.8. The molecule has 2 amide bonds. The maximum absolute atomic E-state index is 13.0. The van der Waals surface area contributed by atoms with Gasteiger partial charge >= 0.3 is 6.03 Å². The van der Waals surface area contributed by atoms with Crippen LogP contribution >= 0.6 is 0 Å². The van der Waals surface area contributed by atoms with Gasteiger partial charge in [-0.25, -0.2) is 9.48 Å². The highest BCUT2D eigenvalue weighted by atomic mass is 16.9. The Balaban J connectivity index is 1.45. The molecule has 3 aromatic carbocycles. The Morgan fingerprint density at radius 1 is 0.941 bits per heavy atom. The highest BCUT2D eigenvalue weighted by Crippen LogP contribution is 2.33. The molecule has 1 fully saturated rings. The van der Waals surface area contributed by atoms with Gasteiger partial charge in [-0.2, -0.15) is 5.10 Å². The van der Waals surface area contributed by atoms with Gasteiger partial charge < -0.3 is 14.8 Å². The van der Waals surface area contributed by atoms with Crippen molar-refractivity contribution in [3.63, 3.8) is 0 Å². The Hall–Kier alpha value is -3.68. The lowest BCUT2D eigenvalue weighted by molar-refractivity contribution is -0.382. The van der Waals surface area contributed by atoms with Gasteiger partial charge in [0.1, 0.15) is 5.82 Å². The Morgan fingerprint density at radius 3 is 2.44 bits per heavy atom. The lowest BCUT2D eigenvalue weighted by Gasteiger charge is -2.34. The first kappa shape index (κ1) is 22.1. The Labute approximate surface area is 198 Å². The molecule has 1 aliphatic heterocycles. The summed E-state index contributed by atoms with van der Waals surface area (Å²) in [7, 11) is 0. The van der Waals surface area contributed by atoms with Gasteiger partial charge in [-0.05, 0) is 30.5 Å². The van der Waals surface area contributed by atoms with Crippen molar-refractivity contribution in [2.75, 3.05) is 10.6 Å². The molecule has 7 heteroatoms. The number of carbonyl (C=O) groups excluding carboxylic acids is 1. The van der Waals surface area contributed by atoms with Crippen molar-refractivity contribution < 1.29 is 14.3 Å². The molecule has 0 unspecified atom stereocenters. The second-order valence-corrected chi connectivity index (χ2v) is 9.45. The molecule has 2 heterocycles. The number of urea groups is 1. The summed E-state index contributed by atoms with van der Waals surface area (Å²) in [5.41, 5.74) is 3.12. The molecule has 34 heavy (non-hydrogen) atoms. The molecule has 1 aliphatic rings. The normalized spacial score (nSPS) is 17.9. The summed E-state index contributed by atoms with van der Waals surface area (Å²) in [4.78, 5) is 13.0. The summed E-state index contributed by atoms with van der Waals surface area (Å²) in [5.74, 6) is 0.573. The number of rotatable bonds is 4. The van der Waals surface area contributed by atoms with Crippen LogP contribution in [0.4, 0.5) is 16.3 Å². The van der Waals surface area contributed by atoms with E-state index in [9.17, 15) is 4.79 Å². The van der Waals surface area contributed by atoms with Crippen LogP contribution in [0.3, 0.4) is 0 Å². The maximum Gasteiger partial charge on any atom is 0.324 e. The Kier molecular flexibility index (Phi) is 5.59. The minimum atomic E-state index is -0.390. The van der Waals surface area contributed by atoms with Crippen molar-refractivity contribution in [3.05, 3.63) is 84.1 Å². The van der Waals surface area contributed by atoms with Crippen LogP contribution in [0.25, 0.3) is 16.5 Å². The Morgan fingerprint density at radius 2 is 1.68 bits per heavy atom. The standard InChI is InChI=1S/C27H28N4O3/c1-17-33-25(34-17)19-11-7-12-20(15-19)31-24(16-23(30-31)27(2,3)4)29-26(32)28-22-14-8-10-18-9-5-6-13-21(18)22/h5-17,25H,1-4H3,(H2,28,29,32). The number of hydrogen-bond donors (Lipinski definition) is 2. The fraction of sp³-hybridized carbons (Fsp3) is 0.259. The lowest BCUT2D eigenvalue weighted by Crippen LogP contribution is -2.31. The second kappa shape index (κ2) is 8.59. The fourth-order valence-electron chi connectivity index (χ4n) is 3.96. The number of hydrogen-bond acceptors (Lipinski definition) is 4. The zero-order valence-electron chi connectivity index (χ0n) is 19.7. The molecule has 0 aliphatic carbocycles. The largest absolute Gasteiger partial charge is 0.324 e. The van der Waals surface area contributed by atoms with Gasteiger partial charge in [0.2, 0.25) is 0 Å². The predicted molar refractivity (Wildman–Crippen MR) is 133 cm³/mol. The second-order valence-electron chi connectivity index (χ2n) is 9.45. The molecule has 0 saturated carbocycles. The number of amides is 2. The van der Waals surface area contributed by atoms with E-state index < -0.39 is 6.29 Å². The topological polar surface area (TPSA) is 77.4 Å². The van der Waals surface area contributed by atoms with Crippen molar-refractivity contribution >= 4 is 28.3 Å². The monoisotopic (exact) mass is 456 g/mol. The van der Waals surface area contributed by atoms with Gasteiger partial charge in [0.25, 0.3) is 0 Å². The molecule has 0 radical (unpaired) electrons. The van der Waals surface area contributed by atoms with Crippen LogP contribution in [0.5, 0.6) is 0 Å². The summed E-state index contributed by atoms with van der Waals surface area (Å²) < 4.78 is 13.0. The van der Waals surface area contributed by atoms with Gasteiger partial charge in [-0.15, -0.1) is 0 Å². The molecule has 0 spiro atoms. The van der Waals surface area contributed by atoms with E-state index in [-0.39, 0.29) is 17.7 Å². The molecule has 2 N–H and O–H groups in total. The molecule has 1 aromatic heterocycles. The van der Waals surface area contributed by atoms with Gasteiger partial charge in [0, 0.05) is 22.4 Å². The first-order valence-electron chi connectivity index (χ1n) is 11.4. The zero-order valence-corrected chi connectivity index (χ0v) is 19.7. The minimum absolute atomic E-state index is 0.193. The quantitative estimate of drug-likeness (QED) is 0.375. The van der Waals surface area contributed by atoms with Crippen molar-refractivity contribution in [1.29, 1.82) is 0 Å². The summed E-state index contributed by atoms with van der Waals surface area (Å²) in [6, 6.07) is 23.1. The average Bonchev–Trinajstić information content (AvgIpc) is 3.21. The number of aromatic nitrogens is 2. The van der Waals surface area contributed by atoms with E-state index in [1.165, 1.54) is 0 Å². The molecule has 174 valence electrons. The van der Waals surface area contributed by atoms with Gasteiger partial charge in [-0.1, -0.05) is 69.3 Å². The van der Waals surface area contributed by atoms with Crippen molar-refractivity contribution in [2.24, 2.45) is 0 Å². The number of carbonyl (C=O) groups is 1. The minimum Gasteiger partial charge on any atom is -0.320 e.